The van der Waals surface area contributed by atoms with Crippen LogP contribution in [0.5, 0.6) is 0 Å². The Bertz CT molecular complexity index is 1090. The number of hydrogen-bond donors (Lipinski definition) is 2. The number of amides is 1. The summed E-state index contributed by atoms with van der Waals surface area (Å²) in [6, 6.07) is 12.2. The number of carbonyl (C=O) groups is 1. The lowest BCUT2D eigenvalue weighted by Crippen LogP contribution is -2.27. The zero-order valence-corrected chi connectivity index (χ0v) is 15.0. The maximum Gasteiger partial charge on any atom is 0.270 e. The van der Waals surface area contributed by atoms with E-state index < -0.39 is 0 Å². The molecule has 4 rings (SSSR count). The predicted molar refractivity (Wildman–Crippen MR) is 104 cm³/mol. The predicted octanol–water partition coefficient (Wildman–Crippen LogP) is 3.66. The van der Waals surface area contributed by atoms with E-state index in [-0.39, 0.29) is 5.91 Å². The summed E-state index contributed by atoms with van der Waals surface area (Å²) in [6.45, 7) is 4.64. The highest BCUT2D eigenvalue weighted by molar-refractivity contribution is 5.94. The number of aromatic amines is 1. The molecular formula is C21H22N4O. The average molecular weight is 346 g/mol. The van der Waals surface area contributed by atoms with Crippen molar-refractivity contribution in [1.29, 1.82) is 0 Å². The maximum absolute atomic E-state index is 12.8. The van der Waals surface area contributed by atoms with Crippen LogP contribution in [0, 0.1) is 6.92 Å². The van der Waals surface area contributed by atoms with Crippen molar-refractivity contribution in [3.05, 3.63) is 71.3 Å². The molecule has 0 spiro atoms. The molecule has 26 heavy (non-hydrogen) atoms. The van der Waals surface area contributed by atoms with Crippen LogP contribution in [0.4, 0.5) is 0 Å². The molecule has 3 heterocycles. The molecule has 0 radical (unpaired) electrons. The third-order valence-electron chi connectivity index (χ3n) is 4.76. The van der Waals surface area contributed by atoms with E-state index in [1.807, 2.05) is 54.9 Å². The van der Waals surface area contributed by atoms with E-state index in [9.17, 15) is 4.79 Å². The molecule has 0 aliphatic heterocycles. The number of aryl methyl sites for hydroxylation is 2. The maximum atomic E-state index is 12.8. The number of pyridine rings is 1. The van der Waals surface area contributed by atoms with Gasteiger partial charge < -0.3 is 10.3 Å². The number of aromatic nitrogens is 3. The SMILES string of the molecule is CCc1nc2cc(C)ccn2c1C(=O)NCCc1c[nH]c2ccccc12. The van der Waals surface area contributed by atoms with Crippen LogP contribution in [0.3, 0.4) is 0 Å². The van der Waals surface area contributed by atoms with E-state index in [2.05, 4.69) is 27.4 Å². The van der Waals surface area contributed by atoms with E-state index in [1.165, 1.54) is 10.9 Å². The zero-order valence-electron chi connectivity index (χ0n) is 15.0. The normalized spacial score (nSPS) is 11.3. The molecule has 0 saturated carbocycles. The van der Waals surface area contributed by atoms with Gasteiger partial charge in [0.25, 0.3) is 5.91 Å². The van der Waals surface area contributed by atoms with Crippen LogP contribution in [-0.4, -0.2) is 26.8 Å². The second-order valence-corrected chi connectivity index (χ2v) is 6.56. The molecule has 0 bridgehead atoms. The second kappa shape index (κ2) is 6.67. The Labute approximate surface area is 152 Å². The van der Waals surface area contributed by atoms with Gasteiger partial charge in [-0.05, 0) is 49.1 Å². The number of H-pyrrole nitrogens is 1. The Morgan fingerprint density at radius 2 is 2.12 bits per heavy atom. The van der Waals surface area contributed by atoms with E-state index in [1.54, 1.807) is 0 Å². The van der Waals surface area contributed by atoms with Crippen molar-refractivity contribution >= 4 is 22.5 Å². The van der Waals surface area contributed by atoms with Gasteiger partial charge >= 0.3 is 0 Å². The minimum atomic E-state index is -0.0713. The van der Waals surface area contributed by atoms with Crippen molar-refractivity contribution in [2.45, 2.75) is 26.7 Å². The summed E-state index contributed by atoms with van der Waals surface area (Å²) in [6.07, 6.45) is 5.45. The van der Waals surface area contributed by atoms with Crippen LogP contribution < -0.4 is 5.32 Å². The highest BCUT2D eigenvalue weighted by Gasteiger charge is 2.18. The van der Waals surface area contributed by atoms with Crippen molar-refractivity contribution < 1.29 is 4.79 Å². The van der Waals surface area contributed by atoms with Crippen LogP contribution in [0.2, 0.25) is 0 Å². The Morgan fingerprint density at radius 3 is 2.96 bits per heavy atom. The van der Waals surface area contributed by atoms with Crippen LogP contribution in [0.15, 0.2) is 48.8 Å². The van der Waals surface area contributed by atoms with Gasteiger partial charge in [0.2, 0.25) is 0 Å². The first-order chi connectivity index (χ1) is 12.7. The first kappa shape index (κ1) is 16.4. The van der Waals surface area contributed by atoms with Crippen molar-refractivity contribution in [2.75, 3.05) is 6.54 Å². The van der Waals surface area contributed by atoms with Crippen LogP contribution in [0.25, 0.3) is 16.6 Å². The molecule has 5 heteroatoms. The number of nitrogens with zero attached hydrogens (tertiary/aromatic N) is 2. The highest BCUT2D eigenvalue weighted by Crippen LogP contribution is 2.18. The molecule has 0 fully saturated rings. The topological polar surface area (TPSA) is 62.2 Å². The summed E-state index contributed by atoms with van der Waals surface area (Å²) >= 11 is 0. The summed E-state index contributed by atoms with van der Waals surface area (Å²) in [5, 5.41) is 4.27. The van der Waals surface area contributed by atoms with Crippen molar-refractivity contribution in [3.8, 4) is 0 Å². The van der Waals surface area contributed by atoms with Gasteiger partial charge in [-0.15, -0.1) is 0 Å². The van der Waals surface area contributed by atoms with Gasteiger partial charge in [0.05, 0.1) is 5.69 Å². The minimum absolute atomic E-state index is 0.0713. The van der Waals surface area contributed by atoms with E-state index in [4.69, 9.17) is 0 Å². The Kier molecular flexibility index (Phi) is 4.21. The summed E-state index contributed by atoms with van der Waals surface area (Å²) in [4.78, 5) is 20.7. The van der Waals surface area contributed by atoms with E-state index in [0.29, 0.717) is 12.2 Å². The molecule has 0 saturated heterocycles. The molecule has 3 aromatic heterocycles. The number of imidazole rings is 1. The van der Waals surface area contributed by atoms with Gasteiger partial charge in [0.1, 0.15) is 11.3 Å². The fraction of sp³-hybridized carbons (Fsp3) is 0.238. The van der Waals surface area contributed by atoms with Crippen molar-refractivity contribution in [3.63, 3.8) is 0 Å². The smallest absolute Gasteiger partial charge is 0.270 e. The zero-order chi connectivity index (χ0) is 18.1. The number of nitrogens with one attached hydrogen (secondary N) is 2. The summed E-state index contributed by atoms with van der Waals surface area (Å²) < 4.78 is 1.88. The number of fused-ring (bicyclic) bond motifs is 2. The fourth-order valence-electron chi connectivity index (χ4n) is 3.42. The minimum Gasteiger partial charge on any atom is -0.361 e. The number of para-hydroxylation sites is 1. The number of carbonyl (C=O) groups excluding carboxylic acids is 1. The third kappa shape index (κ3) is 2.86. The van der Waals surface area contributed by atoms with E-state index >= 15 is 0 Å². The van der Waals surface area contributed by atoms with Gasteiger partial charge in [-0.3, -0.25) is 9.20 Å². The Balaban J connectivity index is 1.52. The lowest BCUT2D eigenvalue weighted by molar-refractivity contribution is 0.0947. The first-order valence-corrected chi connectivity index (χ1v) is 8.98. The lowest BCUT2D eigenvalue weighted by Gasteiger charge is -2.07. The summed E-state index contributed by atoms with van der Waals surface area (Å²) in [7, 11) is 0. The average Bonchev–Trinajstić information content (AvgIpc) is 3.22. The Morgan fingerprint density at radius 1 is 1.27 bits per heavy atom. The fourth-order valence-corrected chi connectivity index (χ4v) is 3.42. The van der Waals surface area contributed by atoms with Crippen LogP contribution in [-0.2, 0) is 12.8 Å². The van der Waals surface area contributed by atoms with E-state index in [0.717, 1.165) is 35.3 Å². The molecule has 1 amide bonds. The van der Waals surface area contributed by atoms with Crippen LogP contribution >= 0.6 is 0 Å². The standard InChI is InChI=1S/C21H22N4O/c1-3-17-20(25-11-9-14(2)12-19(25)24-17)21(26)22-10-8-15-13-23-18-7-5-4-6-16(15)18/h4-7,9,11-13,23H,3,8,10H2,1-2H3,(H,22,26). The molecular weight excluding hydrogens is 324 g/mol. The molecule has 0 aliphatic carbocycles. The van der Waals surface area contributed by atoms with Crippen LogP contribution in [0.1, 0.15) is 34.2 Å². The summed E-state index contributed by atoms with van der Waals surface area (Å²) in [5.41, 5.74) is 5.77. The van der Waals surface area contributed by atoms with Gasteiger partial charge in [-0.25, -0.2) is 4.98 Å². The quantitative estimate of drug-likeness (QED) is 0.579. The third-order valence-corrected chi connectivity index (χ3v) is 4.76. The number of hydrogen-bond acceptors (Lipinski definition) is 2. The molecule has 5 nitrogen and oxygen atoms in total. The van der Waals surface area contributed by atoms with Gasteiger partial charge in [-0.1, -0.05) is 25.1 Å². The van der Waals surface area contributed by atoms with Gasteiger partial charge in [-0.2, -0.15) is 0 Å². The molecule has 132 valence electrons. The molecule has 4 aromatic rings. The lowest BCUT2D eigenvalue weighted by atomic mass is 10.1. The van der Waals surface area contributed by atoms with Gasteiger partial charge in [0, 0.05) is 29.8 Å². The molecule has 0 aliphatic rings. The molecule has 0 unspecified atom stereocenters. The monoisotopic (exact) mass is 346 g/mol. The Hall–Kier alpha value is -3.08. The molecule has 2 N–H and O–H groups in total. The summed E-state index contributed by atoms with van der Waals surface area (Å²) in [5.74, 6) is -0.0713. The largest absolute Gasteiger partial charge is 0.361 e. The molecule has 0 atom stereocenters. The second-order valence-electron chi connectivity index (χ2n) is 6.56. The number of rotatable bonds is 5. The molecule has 1 aromatic carbocycles. The van der Waals surface area contributed by atoms with Gasteiger partial charge in [0.15, 0.2) is 0 Å². The highest BCUT2D eigenvalue weighted by atomic mass is 16.1. The number of benzene rings is 1. The van der Waals surface area contributed by atoms with Crippen molar-refractivity contribution in [2.24, 2.45) is 0 Å². The first-order valence-electron chi connectivity index (χ1n) is 8.98. The van der Waals surface area contributed by atoms with Crippen molar-refractivity contribution in [1.82, 2.24) is 19.7 Å².